The van der Waals surface area contributed by atoms with E-state index >= 15 is 0 Å². The van der Waals surface area contributed by atoms with Gasteiger partial charge >= 0.3 is 5.97 Å². The monoisotopic (exact) mass is 237 g/mol. The minimum absolute atomic E-state index is 0.236. The van der Waals surface area contributed by atoms with Crippen molar-refractivity contribution in [1.29, 1.82) is 0 Å². The summed E-state index contributed by atoms with van der Waals surface area (Å²) in [6.45, 7) is 4.16. The standard InChI is InChI=1S/C12H15NO2S/c1-3-15-12(14)10-8(2)4-5-13-11(10)9-6-16-7-9/h4-5,9H,3,6-7H2,1-2H3. The first-order chi connectivity index (χ1) is 7.74. The highest BCUT2D eigenvalue weighted by Crippen LogP contribution is 2.35. The molecule has 1 saturated heterocycles. The van der Waals surface area contributed by atoms with E-state index in [2.05, 4.69) is 4.98 Å². The van der Waals surface area contributed by atoms with Crippen molar-refractivity contribution >= 4 is 17.7 Å². The molecule has 2 heterocycles. The van der Waals surface area contributed by atoms with Gasteiger partial charge in [0.15, 0.2) is 0 Å². The number of aromatic nitrogens is 1. The average molecular weight is 237 g/mol. The lowest BCUT2D eigenvalue weighted by atomic mass is 9.99. The lowest BCUT2D eigenvalue weighted by Crippen LogP contribution is -2.22. The van der Waals surface area contributed by atoms with Gasteiger partial charge in [-0.1, -0.05) is 0 Å². The molecule has 1 aliphatic heterocycles. The Morgan fingerprint density at radius 3 is 2.94 bits per heavy atom. The number of esters is 1. The molecular weight excluding hydrogens is 222 g/mol. The fraction of sp³-hybridized carbons (Fsp3) is 0.500. The largest absolute Gasteiger partial charge is 0.462 e. The lowest BCUT2D eigenvalue weighted by molar-refractivity contribution is 0.0523. The molecule has 3 nitrogen and oxygen atoms in total. The van der Waals surface area contributed by atoms with Gasteiger partial charge in [0, 0.05) is 23.6 Å². The summed E-state index contributed by atoms with van der Waals surface area (Å²) in [5, 5.41) is 0. The Morgan fingerprint density at radius 2 is 2.38 bits per heavy atom. The molecule has 0 atom stereocenters. The fourth-order valence-electron chi connectivity index (χ4n) is 1.75. The van der Waals surface area contributed by atoms with Crippen LogP contribution >= 0.6 is 11.8 Å². The van der Waals surface area contributed by atoms with Crippen LogP contribution in [0, 0.1) is 6.92 Å². The van der Waals surface area contributed by atoms with Crippen LogP contribution in [0.25, 0.3) is 0 Å². The van der Waals surface area contributed by atoms with Crippen molar-refractivity contribution in [3.05, 3.63) is 29.1 Å². The van der Waals surface area contributed by atoms with Crippen molar-refractivity contribution in [3.8, 4) is 0 Å². The first-order valence-corrected chi connectivity index (χ1v) is 6.60. The van der Waals surface area contributed by atoms with Crippen LogP contribution in [0.4, 0.5) is 0 Å². The molecule has 0 bridgehead atoms. The van der Waals surface area contributed by atoms with Gasteiger partial charge in [-0.3, -0.25) is 4.98 Å². The Balaban J connectivity index is 2.35. The van der Waals surface area contributed by atoms with E-state index in [1.165, 1.54) is 0 Å². The normalized spacial score (nSPS) is 15.6. The first-order valence-electron chi connectivity index (χ1n) is 5.44. The van der Waals surface area contributed by atoms with Gasteiger partial charge in [0.25, 0.3) is 0 Å². The van der Waals surface area contributed by atoms with E-state index in [9.17, 15) is 4.79 Å². The molecule has 0 unspecified atom stereocenters. The van der Waals surface area contributed by atoms with Crippen molar-refractivity contribution in [3.63, 3.8) is 0 Å². The highest BCUT2D eigenvalue weighted by molar-refractivity contribution is 8.00. The summed E-state index contributed by atoms with van der Waals surface area (Å²) in [6, 6.07) is 1.86. The summed E-state index contributed by atoms with van der Waals surface area (Å²) < 4.78 is 5.08. The van der Waals surface area contributed by atoms with Crippen molar-refractivity contribution in [2.24, 2.45) is 0 Å². The van der Waals surface area contributed by atoms with Crippen LogP contribution in [0.5, 0.6) is 0 Å². The number of rotatable bonds is 3. The summed E-state index contributed by atoms with van der Waals surface area (Å²) >= 11 is 1.89. The van der Waals surface area contributed by atoms with Crippen LogP contribution in [0.2, 0.25) is 0 Å². The topological polar surface area (TPSA) is 39.2 Å². The lowest BCUT2D eigenvalue weighted by Gasteiger charge is -2.26. The third-order valence-corrected chi connectivity index (χ3v) is 3.97. The van der Waals surface area contributed by atoms with Crippen LogP contribution in [-0.4, -0.2) is 29.1 Å². The van der Waals surface area contributed by atoms with E-state index in [1.807, 2.05) is 31.7 Å². The van der Waals surface area contributed by atoms with Crippen molar-refractivity contribution in [2.45, 2.75) is 19.8 Å². The Bertz CT molecular complexity index is 402. The van der Waals surface area contributed by atoms with Gasteiger partial charge in [-0.05, 0) is 25.5 Å². The van der Waals surface area contributed by atoms with Gasteiger partial charge in [0.05, 0.1) is 17.9 Å². The molecule has 0 N–H and O–H groups in total. The molecule has 2 rings (SSSR count). The molecule has 0 aliphatic carbocycles. The molecule has 0 aromatic carbocycles. The number of carbonyl (C=O) groups is 1. The SMILES string of the molecule is CCOC(=O)c1c(C)ccnc1C1CSC1. The van der Waals surface area contributed by atoms with Crippen molar-refractivity contribution < 1.29 is 9.53 Å². The van der Waals surface area contributed by atoms with Gasteiger partial charge in [-0.2, -0.15) is 11.8 Å². The zero-order valence-corrected chi connectivity index (χ0v) is 10.3. The maximum absolute atomic E-state index is 11.9. The minimum Gasteiger partial charge on any atom is -0.462 e. The number of thioether (sulfide) groups is 1. The molecule has 1 fully saturated rings. The zero-order valence-electron chi connectivity index (χ0n) is 9.53. The minimum atomic E-state index is -0.236. The quantitative estimate of drug-likeness (QED) is 0.757. The molecule has 16 heavy (non-hydrogen) atoms. The molecule has 1 aromatic heterocycles. The third-order valence-electron chi connectivity index (χ3n) is 2.69. The molecular formula is C12H15NO2S. The van der Waals surface area contributed by atoms with Crippen molar-refractivity contribution in [1.82, 2.24) is 4.98 Å². The summed E-state index contributed by atoms with van der Waals surface area (Å²) in [5.41, 5.74) is 2.55. The van der Waals surface area contributed by atoms with Crippen LogP contribution < -0.4 is 0 Å². The molecule has 0 amide bonds. The summed E-state index contributed by atoms with van der Waals surface area (Å²) in [4.78, 5) is 16.2. The van der Waals surface area contributed by atoms with E-state index < -0.39 is 0 Å². The molecule has 0 radical (unpaired) electrons. The van der Waals surface area contributed by atoms with Crippen LogP contribution in [-0.2, 0) is 4.74 Å². The predicted molar refractivity (Wildman–Crippen MR) is 65.0 cm³/mol. The number of nitrogens with zero attached hydrogens (tertiary/aromatic N) is 1. The Kier molecular flexibility index (Phi) is 3.49. The van der Waals surface area contributed by atoms with E-state index in [4.69, 9.17) is 4.74 Å². The predicted octanol–water partition coefficient (Wildman–Crippen LogP) is 2.40. The van der Waals surface area contributed by atoms with Crippen LogP contribution in [0.1, 0.15) is 34.5 Å². The van der Waals surface area contributed by atoms with E-state index in [0.717, 1.165) is 22.8 Å². The van der Waals surface area contributed by atoms with Crippen LogP contribution in [0.3, 0.4) is 0 Å². The second-order valence-corrected chi connectivity index (χ2v) is 4.92. The van der Waals surface area contributed by atoms with Crippen molar-refractivity contribution in [2.75, 3.05) is 18.1 Å². The van der Waals surface area contributed by atoms with Gasteiger partial charge in [-0.25, -0.2) is 4.79 Å². The van der Waals surface area contributed by atoms with E-state index in [0.29, 0.717) is 18.1 Å². The number of hydrogen-bond donors (Lipinski definition) is 0. The summed E-state index contributed by atoms with van der Waals surface area (Å²) in [6.07, 6.45) is 1.77. The average Bonchev–Trinajstić information content (AvgIpc) is 2.15. The highest BCUT2D eigenvalue weighted by Gasteiger charge is 2.28. The second kappa shape index (κ2) is 4.87. The van der Waals surface area contributed by atoms with Gasteiger partial charge in [0.1, 0.15) is 0 Å². The summed E-state index contributed by atoms with van der Waals surface area (Å²) in [5.74, 6) is 2.30. The molecule has 1 aromatic rings. The highest BCUT2D eigenvalue weighted by atomic mass is 32.2. The number of hydrogen-bond acceptors (Lipinski definition) is 4. The zero-order chi connectivity index (χ0) is 11.5. The van der Waals surface area contributed by atoms with E-state index in [1.54, 1.807) is 6.20 Å². The molecule has 4 heteroatoms. The number of ether oxygens (including phenoxy) is 1. The van der Waals surface area contributed by atoms with Gasteiger partial charge in [-0.15, -0.1) is 0 Å². The Hall–Kier alpha value is -1.03. The number of carbonyl (C=O) groups excluding carboxylic acids is 1. The molecule has 1 aliphatic rings. The smallest absolute Gasteiger partial charge is 0.340 e. The van der Waals surface area contributed by atoms with Gasteiger partial charge in [0.2, 0.25) is 0 Å². The second-order valence-electron chi connectivity index (χ2n) is 3.84. The first kappa shape index (κ1) is 11.5. The molecule has 0 saturated carbocycles. The summed E-state index contributed by atoms with van der Waals surface area (Å²) in [7, 11) is 0. The van der Waals surface area contributed by atoms with Gasteiger partial charge < -0.3 is 4.74 Å². The number of pyridine rings is 1. The van der Waals surface area contributed by atoms with Crippen LogP contribution in [0.15, 0.2) is 12.3 Å². The molecule has 0 spiro atoms. The Morgan fingerprint density at radius 1 is 1.62 bits per heavy atom. The molecule has 86 valence electrons. The van der Waals surface area contributed by atoms with E-state index in [-0.39, 0.29) is 5.97 Å². The Labute approximate surface area is 99.6 Å². The number of aryl methyl sites for hydroxylation is 1. The third kappa shape index (κ3) is 2.07. The maximum atomic E-state index is 11.9. The maximum Gasteiger partial charge on any atom is 0.340 e. The fourth-order valence-corrected chi connectivity index (χ4v) is 2.54.